The molecule has 0 bridgehead atoms. The Morgan fingerprint density at radius 2 is 1.95 bits per heavy atom. The lowest BCUT2D eigenvalue weighted by Gasteiger charge is -2.07. The second kappa shape index (κ2) is 5.66. The standard InChI is InChI=1S/C15H11F2NO2/c1-2-12-3-4-14(20-12)15(19)13(8-18)9-5-10(16)7-11(17)6-9/h3-7,13H,2H2,1H3. The Labute approximate surface area is 114 Å². The Bertz CT molecular complexity index is 665. The summed E-state index contributed by atoms with van der Waals surface area (Å²) in [4.78, 5) is 12.2. The number of rotatable bonds is 4. The van der Waals surface area contributed by atoms with E-state index in [0.717, 1.165) is 12.1 Å². The Morgan fingerprint density at radius 3 is 2.45 bits per heavy atom. The maximum absolute atomic E-state index is 13.2. The predicted molar refractivity (Wildman–Crippen MR) is 67.1 cm³/mol. The number of hydrogen-bond donors (Lipinski definition) is 0. The van der Waals surface area contributed by atoms with E-state index in [4.69, 9.17) is 9.68 Å². The number of ketones is 1. The Kier molecular flexibility index (Phi) is 3.94. The van der Waals surface area contributed by atoms with Gasteiger partial charge < -0.3 is 4.42 Å². The van der Waals surface area contributed by atoms with Crippen LogP contribution in [0.3, 0.4) is 0 Å². The van der Waals surface area contributed by atoms with Gasteiger partial charge in [0.1, 0.15) is 23.3 Å². The first kappa shape index (κ1) is 13.9. The Morgan fingerprint density at radius 1 is 1.30 bits per heavy atom. The molecule has 102 valence electrons. The highest BCUT2D eigenvalue weighted by atomic mass is 19.1. The average Bonchev–Trinajstić information content (AvgIpc) is 2.87. The van der Waals surface area contributed by atoms with Crippen molar-refractivity contribution in [2.45, 2.75) is 19.3 Å². The van der Waals surface area contributed by atoms with E-state index in [0.29, 0.717) is 18.2 Å². The van der Waals surface area contributed by atoms with Crippen LogP contribution in [0.1, 0.15) is 34.7 Å². The summed E-state index contributed by atoms with van der Waals surface area (Å²) in [7, 11) is 0. The molecule has 5 heteroatoms. The van der Waals surface area contributed by atoms with Gasteiger partial charge in [0.05, 0.1) is 6.07 Å². The molecular weight excluding hydrogens is 264 g/mol. The minimum atomic E-state index is -1.30. The van der Waals surface area contributed by atoms with Crippen molar-refractivity contribution in [3.05, 3.63) is 59.1 Å². The summed E-state index contributed by atoms with van der Waals surface area (Å²) in [5.74, 6) is -2.95. The first-order valence-corrected chi connectivity index (χ1v) is 6.03. The molecule has 1 aromatic heterocycles. The highest BCUT2D eigenvalue weighted by molar-refractivity contribution is 6.00. The van der Waals surface area contributed by atoms with Crippen LogP contribution >= 0.6 is 0 Å². The Balaban J connectivity index is 2.37. The van der Waals surface area contributed by atoms with E-state index in [1.165, 1.54) is 6.07 Å². The van der Waals surface area contributed by atoms with E-state index in [1.807, 2.05) is 6.92 Å². The van der Waals surface area contributed by atoms with E-state index in [1.54, 1.807) is 12.1 Å². The number of furan rings is 1. The summed E-state index contributed by atoms with van der Waals surface area (Å²) >= 11 is 0. The SMILES string of the molecule is CCc1ccc(C(=O)C(C#N)c2cc(F)cc(F)c2)o1. The molecule has 0 aliphatic rings. The minimum Gasteiger partial charge on any atom is -0.458 e. The third-order valence-corrected chi connectivity index (χ3v) is 2.86. The van der Waals surface area contributed by atoms with Crippen LogP contribution in [0.2, 0.25) is 0 Å². The van der Waals surface area contributed by atoms with Crippen LogP contribution in [-0.2, 0) is 6.42 Å². The van der Waals surface area contributed by atoms with Crippen LogP contribution in [0.15, 0.2) is 34.7 Å². The number of halogens is 2. The van der Waals surface area contributed by atoms with Gasteiger partial charge >= 0.3 is 0 Å². The summed E-state index contributed by atoms with van der Waals surface area (Å²) in [5.41, 5.74) is -0.0237. The first-order valence-electron chi connectivity index (χ1n) is 6.03. The fourth-order valence-corrected chi connectivity index (χ4v) is 1.87. The van der Waals surface area contributed by atoms with E-state index >= 15 is 0 Å². The fraction of sp³-hybridized carbons (Fsp3) is 0.200. The lowest BCUT2D eigenvalue weighted by Crippen LogP contribution is -2.11. The zero-order chi connectivity index (χ0) is 14.7. The van der Waals surface area contributed by atoms with Crippen LogP contribution in [0.25, 0.3) is 0 Å². The maximum Gasteiger partial charge on any atom is 0.219 e. The van der Waals surface area contributed by atoms with Crippen molar-refractivity contribution in [3.8, 4) is 6.07 Å². The van der Waals surface area contributed by atoms with Crippen molar-refractivity contribution in [1.82, 2.24) is 0 Å². The molecule has 2 rings (SSSR count). The normalized spacial score (nSPS) is 11.9. The lowest BCUT2D eigenvalue weighted by molar-refractivity contribution is 0.0950. The van der Waals surface area contributed by atoms with Crippen molar-refractivity contribution in [3.63, 3.8) is 0 Å². The molecule has 0 N–H and O–H groups in total. The third kappa shape index (κ3) is 2.75. The molecule has 0 aliphatic heterocycles. The molecule has 20 heavy (non-hydrogen) atoms. The van der Waals surface area contributed by atoms with Gasteiger partial charge in [0.2, 0.25) is 5.78 Å². The highest BCUT2D eigenvalue weighted by Gasteiger charge is 2.25. The number of nitrogens with zero attached hydrogens (tertiary/aromatic N) is 1. The van der Waals surface area contributed by atoms with Gasteiger partial charge in [0, 0.05) is 12.5 Å². The van der Waals surface area contributed by atoms with Crippen molar-refractivity contribution >= 4 is 5.78 Å². The summed E-state index contributed by atoms with van der Waals surface area (Å²) in [6.07, 6.45) is 0.610. The number of carbonyl (C=O) groups excluding carboxylic acids is 1. The molecule has 0 aliphatic carbocycles. The zero-order valence-electron chi connectivity index (χ0n) is 10.7. The van der Waals surface area contributed by atoms with Gasteiger partial charge in [0.25, 0.3) is 0 Å². The molecule has 0 saturated carbocycles. The number of nitriles is 1. The van der Waals surface area contributed by atoms with Crippen molar-refractivity contribution in [1.29, 1.82) is 5.26 Å². The van der Waals surface area contributed by atoms with E-state index in [-0.39, 0.29) is 11.3 Å². The molecule has 1 heterocycles. The number of Topliss-reactive ketones (excluding diaryl/α,β-unsaturated/α-hetero) is 1. The van der Waals surface area contributed by atoms with Crippen molar-refractivity contribution < 1.29 is 18.0 Å². The number of carbonyl (C=O) groups is 1. The summed E-state index contributed by atoms with van der Waals surface area (Å²) in [6.45, 7) is 1.86. The zero-order valence-corrected chi connectivity index (χ0v) is 10.7. The second-order valence-electron chi connectivity index (χ2n) is 4.25. The molecule has 0 amide bonds. The van der Waals surface area contributed by atoms with Gasteiger partial charge in [-0.1, -0.05) is 6.92 Å². The van der Waals surface area contributed by atoms with E-state index in [9.17, 15) is 13.6 Å². The van der Waals surface area contributed by atoms with Crippen LogP contribution in [-0.4, -0.2) is 5.78 Å². The molecule has 2 aromatic rings. The van der Waals surface area contributed by atoms with Gasteiger partial charge in [-0.3, -0.25) is 4.79 Å². The molecule has 0 saturated heterocycles. The topological polar surface area (TPSA) is 54.0 Å². The van der Waals surface area contributed by atoms with Gasteiger partial charge in [0.15, 0.2) is 5.76 Å². The maximum atomic E-state index is 13.2. The van der Waals surface area contributed by atoms with Crippen LogP contribution in [0.5, 0.6) is 0 Å². The van der Waals surface area contributed by atoms with Gasteiger partial charge in [-0.05, 0) is 29.8 Å². The van der Waals surface area contributed by atoms with Crippen LogP contribution in [0.4, 0.5) is 8.78 Å². The molecule has 1 unspecified atom stereocenters. The second-order valence-corrected chi connectivity index (χ2v) is 4.25. The minimum absolute atomic E-state index is 0.0121. The van der Waals surface area contributed by atoms with Gasteiger partial charge in [-0.2, -0.15) is 5.26 Å². The number of benzene rings is 1. The fourth-order valence-electron chi connectivity index (χ4n) is 1.87. The quantitative estimate of drug-likeness (QED) is 0.801. The smallest absolute Gasteiger partial charge is 0.219 e. The average molecular weight is 275 g/mol. The van der Waals surface area contributed by atoms with E-state index < -0.39 is 23.3 Å². The van der Waals surface area contributed by atoms with Crippen molar-refractivity contribution in [2.24, 2.45) is 0 Å². The summed E-state index contributed by atoms with van der Waals surface area (Å²) < 4.78 is 31.6. The van der Waals surface area contributed by atoms with Crippen LogP contribution < -0.4 is 0 Å². The first-order chi connectivity index (χ1) is 9.55. The summed E-state index contributed by atoms with van der Waals surface area (Å²) in [6, 6.07) is 7.47. The van der Waals surface area contributed by atoms with Crippen molar-refractivity contribution in [2.75, 3.05) is 0 Å². The number of aryl methyl sites for hydroxylation is 1. The Hall–Kier alpha value is -2.48. The monoisotopic (exact) mass is 275 g/mol. The molecule has 0 spiro atoms. The highest BCUT2D eigenvalue weighted by Crippen LogP contribution is 2.23. The molecular formula is C15H11F2NO2. The number of hydrogen-bond acceptors (Lipinski definition) is 3. The van der Waals surface area contributed by atoms with E-state index in [2.05, 4.69) is 0 Å². The van der Waals surface area contributed by atoms with Gasteiger partial charge in [-0.15, -0.1) is 0 Å². The largest absolute Gasteiger partial charge is 0.458 e. The summed E-state index contributed by atoms with van der Waals surface area (Å²) in [5, 5.41) is 9.10. The third-order valence-electron chi connectivity index (χ3n) is 2.86. The van der Waals surface area contributed by atoms with Gasteiger partial charge in [-0.25, -0.2) is 8.78 Å². The molecule has 0 fully saturated rings. The van der Waals surface area contributed by atoms with Crippen LogP contribution in [0, 0.1) is 23.0 Å². The molecule has 1 aromatic carbocycles. The predicted octanol–water partition coefficient (Wildman–Crippen LogP) is 3.61. The molecule has 1 atom stereocenters. The molecule has 3 nitrogen and oxygen atoms in total. The lowest BCUT2D eigenvalue weighted by atomic mass is 9.94. The molecule has 0 radical (unpaired) electrons.